The maximum Gasteiger partial charge on any atom is 0.251 e. The van der Waals surface area contributed by atoms with E-state index in [4.69, 9.17) is 11.6 Å². The van der Waals surface area contributed by atoms with E-state index in [1.165, 1.54) is 0 Å². The van der Waals surface area contributed by atoms with Gasteiger partial charge < -0.3 is 10.6 Å². The number of benzene rings is 2. The lowest BCUT2D eigenvalue weighted by Crippen LogP contribution is -2.20. The first-order valence-electron chi connectivity index (χ1n) is 6.17. The first-order valence-corrected chi connectivity index (χ1v) is 7.35. The Balaban J connectivity index is 1.95. The van der Waals surface area contributed by atoms with Gasteiger partial charge in [-0.25, -0.2) is 0 Å². The van der Waals surface area contributed by atoms with Gasteiger partial charge in [0.15, 0.2) is 0 Å². The fourth-order valence-electron chi connectivity index (χ4n) is 2.32. The summed E-state index contributed by atoms with van der Waals surface area (Å²) in [5, 5.41) is 6.76. The Bertz CT molecular complexity index is 702. The second-order valence-corrected chi connectivity index (χ2v) is 6.11. The predicted molar refractivity (Wildman–Crippen MR) is 85.3 cm³/mol. The molecule has 0 aliphatic carbocycles. The van der Waals surface area contributed by atoms with Crippen LogP contribution in [-0.2, 0) is 4.79 Å². The number of aryl methyl sites for hydroxylation is 1. The number of carbonyl (C=O) groups is 1. The molecule has 1 unspecified atom stereocenters. The number of anilines is 2. The number of carbonyl (C=O) groups excluding carboxylic acids is 1. The summed E-state index contributed by atoms with van der Waals surface area (Å²) < 4.78 is 1.01. The van der Waals surface area contributed by atoms with Crippen molar-refractivity contribution >= 4 is 44.8 Å². The van der Waals surface area contributed by atoms with E-state index in [1.807, 2.05) is 37.3 Å². The van der Waals surface area contributed by atoms with E-state index in [9.17, 15) is 4.79 Å². The molecule has 3 nitrogen and oxygen atoms in total. The fraction of sp³-hybridized carbons (Fsp3) is 0.133. The van der Waals surface area contributed by atoms with E-state index < -0.39 is 6.04 Å². The molecule has 1 heterocycles. The molecule has 0 aromatic heterocycles. The van der Waals surface area contributed by atoms with E-state index in [0.29, 0.717) is 5.02 Å². The van der Waals surface area contributed by atoms with Gasteiger partial charge in [0, 0.05) is 26.4 Å². The molecule has 5 heteroatoms. The Kier molecular flexibility index (Phi) is 3.44. The van der Waals surface area contributed by atoms with Crippen molar-refractivity contribution in [1.82, 2.24) is 0 Å². The van der Waals surface area contributed by atoms with Crippen molar-refractivity contribution in [1.29, 1.82) is 0 Å². The quantitative estimate of drug-likeness (QED) is 0.835. The van der Waals surface area contributed by atoms with Gasteiger partial charge >= 0.3 is 0 Å². The first kappa shape index (κ1) is 13.5. The van der Waals surface area contributed by atoms with Crippen LogP contribution in [0.2, 0.25) is 5.02 Å². The van der Waals surface area contributed by atoms with Crippen molar-refractivity contribution in [2.75, 3.05) is 10.6 Å². The van der Waals surface area contributed by atoms with Crippen molar-refractivity contribution in [3.63, 3.8) is 0 Å². The van der Waals surface area contributed by atoms with Crippen LogP contribution in [0.4, 0.5) is 11.4 Å². The molecule has 0 bridgehead atoms. The van der Waals surface area contributed by atoms with Gasteiger partial charge in [0.25, 0.3) is 5.91 Å². The molecule has 102 valence electrons. The highest BCUT2D eigenvalue weighted by Crippen LogP contribution is 2.35. The predicted octanol–water partition coefficient (Wildman–Crippen LogP) is 4.52. The number of hydrogen-bond acceptors (Lipinski definition) is 2. The SMILES string of the molecule is Cc1cc(Br)ccc1NC1C(=O)Nc2ccc(Cl)cc21. The number of amides is 1. The van der Waals surface area contributed by atoms with E-state index >= 15 is 0 Å². The van der Waals surface area contributed by atoms with E-state index in [0.717, 1.165) is 27.0 Å². The molecule has 0 saturated heterocycles. The second-order valence-electron chi connectivity index (χ2n) is 4.76. The largest absolute Gasteiger partial charge is 0.370 e. The maximum atomic E-state index is 12.1. The summed E-state index contributed by atoms with van der Waals surface area (Å²) in [7, 11) is 0. The van der Waals surface area contributed by atoms with Crippen LogP contribution in [0.25, 0.3) is 0 Å². The molecular formula is C15H12BrClN2O. The zero-order valence-electron chi connectivity index (χ0n) is 10.7. The van der Waals surface area contributed by atoms with Crippen LogP contribution in [0.1, 0.15) is 17.2 Å². The molecule has 0 spiro atoms. The van der Waals surface area contributed by atoms with Gasteiger partial charge in [0.05, 0.1) is 0 Å². The third kappa shape index (κ3) is 2.41. The summed E-state index contributed by atoms with van der Waals surface area (Å²) >= 11 is 9.45. The number of rotatable bonds is 2. The number of hydrogen-bond donors (Lipinski definition) is 2. The maximum absolute atomic E-state index is 12.1. The molecule has 3 rings (SSSR count). The van der Waals surface area contributed by atoms with E-state index in [-0.39, 0.29) is 5.91 Å². The molecule has 20 heavy (non-hydrogen) atoms. The number of nitrogens with one attached hydrogen (secondary N) is 2. The van der Waals surface area contributed by atoms with E-state index in [1.54, 1.807) is 6.07 Å². The summed E-state index contributed by atoms with van der Waals surface area (Å²) in [5.41, 5.74) is 3.69. The summed E-state index contributed by atoms with van der Waals surface area (Å²) in [5.74, 6) is -0.0652. The molecule has 2 aromatic carbocycles. The average molecular weight is 352 g/mol. The Labute approximate surface area is 130 Å². The molecule has 1 aliphatic rings. The minimum absolute atomic E-state index is 0.0652. The lowest BCUT2D eigenvalue weighted by molar-refractivity contribution is -0.116. The zero-order valence-corrected chi connectivity index (χ0v) is 13.0. The first-order chi connectivity index (χ1) is 9.54. The van der Waals surface area contributed by atoms with Crippen LogP contribution >= 0.6 is 27.5 Å². The molecule has 0 radical (unpaired) electrons. The minimum atomic E-state index is -0.413. The van der Waals surface area contributed by atoms with Gasteiger partial charge in [0.2, 0.25) is 0 Å². The zero-order chi connectivity index (χ0) is 14.3. The molecular weight excluding hydrogens is 340 g/mol. The topological polar surface area (TPSA) is 41.1 Å². The molecule has 1 atom stereocenters. The van der Waals surface area contributed by atoms with Crippen LogP contribution in [0, 0.1) is 6.92 Å². The standard InChI is InChI=1S/C15H12BrClN2O/c1-8-6-9(16)2-4-12(8)18-14-11-7-10(17)3-5-13(11)19-15(14)20/h2-7,14,18H,1H3,(H,19,20). The van der Waals surface area contributed by atoms with Gasteiger partial charge in [-0.15, -0.1) is 0 Å². The van der Waals surface area contributed by atoms with Crippen molar-refractivity contribution in [3.05, 3.63) is 57.0 Å². The highest BCUT2D eigenvalue weighted by molar-refractivity contribution is 9.10. The van der Waals surface area contributed by atoms with Crippen LogP contribution in [-0.4, -0.2) is 5.91 Å². The Morgan fingerprint density at radius 3 is 2.80 bits per heavy atom. The van der Waals surface area contributed by atoms with Gasteiger partial charge in [-0.3, -0.25) is 4.79 Å². The van der Waals surface area contributed by atoms with Crippen LogP contribution in [0.5, 0.6) is 0 Å². The Morgan fingerprint density at radius 1 is 1.25 bits per heavy atom. The highest BCUT2D eigenvalue weighted by Gasteiger charge is 2.30. The van der Waals surface area contributed by atoms with Crippen molar-refractivity contribution in [2.24, 2.45) is 0 Å². The molecule has 0 saturated carbocycles. The number of halogens is 2. The second kappa shape index (κ2) is 5.11. The van der Waals surface area contributed by atoms with Gasteiger partial charge in [0.1, 0.15) is 6.04 Å². The molecule has 0 fully saturated rings. The summed E-state index contributed by atoms with van der Waals surface area (Å²) in [6.45, 7) is 2.00. The van der Waals surface area contributed by atoms with Crippen LogP contribution in [0.15, 0.2) is 40.9 Å². The third-order valence-electron chi connectivity index (χ3n) is 3.33. The smallest absolute Gasteiger partial charge is 0.251 e. The van der Waals surface area contributed by atoms with E-state index in [2.05, 4.69) is 26.6 Å². The van der Waals surface area contributed by atoms with Crippen molar-refractivity contribution < 1.29 is 4.79 Å². The minimum Gasteiger partial charge on any atom is -0.370 e. The fourth-order valence-corrected chi connectivity index (χ4v) is 2.98. The van der Waals surface area contributed by atoms with Gasteiger partial charge in [-0.2, -0.15) is 0 Å². The monoisotopic (exact) mass is 350 g/mol. The normalized spacial score (nSPS) is 16.8. The summed E-state index contributed by atoms with van der Waals surface area (Å²) in [6, 6.07) is 10.9. The van der Waals surface area contributed by atoms with Crippen LogP contribution < -0.4 is 10.6 Å². The lowest BCUT2D eigenvalue weighted by Gasteiger charge is -2.15. The highest BCUT2D eigenvalue weighted by atomic mass is 79.9. The molecule has 2 aromatic rings. The lowest BCUT2D eigenvalue weighted by atomic mass is 10.1. The van der Waals surface area contributed by atoms with Crippen molar-refractivity contribution in [2.45, 2.75) is 13.0 Å². The number of fused-ring (bicyclic) bond motifs is 1. The molecule has 1 aliphatic heterocycles. The molecule has 2 N–H and O–H groups in total. The average Bonchev–Trinajstić information content (AvgIpc) is 2.69. The Hall–Kier alpha value is -1.52. The van der Waals surface area contributed by atoms with Crippen LogP contribution in [0.3, 0.4) is 0 Å². The molecule has 1 amide bonds. The summed E-state index contributed by atoms with van der Waals surface area (Å²) in [6.07, 6.45) is 0. The van der Waals surface area contributed by atoms with Crippen molar-refractivity contribution in [3.8, 4) is 0 Å². The summed E-state index contributed by atoms with van der Waals surface area (Å²) in [4.78, 5) is 12.1. The third-order valence-corrected chi connectivity index (χ3v) is 4.06. The Morgan fingerprint density at radius 2 is 2.05 bits per heavy atom. The van der Waals surface area contributed by atoms with Gasteiger partial charge in [-0.1, -0.05) is 27.5 Å². The van der Waals surface area contributed by atoms with Gasteiger partial charge in [-0.05, 0) is 48.9 Å².